The van der Waals surface area contributed by atoms with Gasteiger partial charge in [0, 0.05) is 5.38 Å². The maximum atomic E-state index is 4.47. The van der Waals surface area contributed by atoms with Gasteiger partial charge in [0.15, 0.2) is 9.05 Å². The summed E-state index contributed by atoms with van der Waals surface area (Å²) in [6.45, 7) is 0. The summed E-state index contributed by atoms with van der Waals surface area (Å²) in [5.74, 6) is 0.830. The lowest BCUT2D eigenvalue weighted by atomic mass is 10.3. The lowest BCUT2D eigenvalue weighted by molar-refractivity contribution is 1.33. The van der Waals surface area contributed by atoms with Crippen LogP contribution in [0.25, 0.3) is 10.2 Å². The first kappa shape index (κ1) is 10.2. The summed E-state index contributed by atoms with van der Waals surface area (Å²) in [6, 6.07) is 8.08. The van der Waals surface area contributed by atoms with Gasteiger partial charge >= 0.3 is 0 Å². The van der Waals surface area contributed by atoms with Crippen LogP contribution in [0.3, 0.4) is 0 Å². The first-order valence-electron chi connectivity index (χ1n) is 4.55. The summed E-state index contributed by atoms with van der Waals surface area (Å²) < 4.78 is 2.05. The summed E-state index contributed by atoms with van der Waals surface area (Å²) >= 11 is 6.51. The van der Waals surface area contributed by atoms with Crippen LogP contribution < -0.4 is 5.32 Å². The Hall–Kier alpha value is -0.980. The minimum atomic E-state index is 0.830. The van der Waals surface area contributed by atoms with Crippen LogP contribution in [0.15, 0.2) is 33.6 Å². The highest BCUT2D eigenvalue weighted by atomic mass is 79.9. The molecule has 0 spiro atoms. The van der Waals surface area contributed by atoms with E-state index in [0.29, 0.717) is 0 Å². The molecular weight excluding hydrogens is 306 g/mol. The highest BCUT2D eigenvalue weighted by Gasteiger charge is 2.05. The largest absolute Gasteiger partial charge is 0.315 e. The Morgan fingerprint density at radius 3 is 2.81 bits per heavy atom. The molecule has 0 saturated heterocycles. The zero-order valence-electron chi connectivity index (χ0n) is 7.98. The maximum Gasteiger partial charge on any atom is 0.189 e. The monoisotopic (exact) mass is 311 g/mol. The van der Waals surface area contributed by atoms with Gasteiger partial charge in [0.05, 0.1) is 10.2 Å². The molecule has 0 atom stereocenters. The van der Waals surface area contributed by atoms with E-state index in [2.05, 4.69) is 37.3 Å². The lowest BCUT2D eigenvalue weighted by Gasteiger charge is -1.94. The molecule has 2 aromatic heterocycles. The number of anilines is 2. The molecule has 0 fully saturated rings. The predicted octanol–water partition coefficient (Wildman–Crippen LogP) is 4.26. The lowest BCUT2D eigenvalue weighted by Crippen LogP contribution is -1.88. The van der Waals surface area contributed by atoms with E-state index in [1.54, 1.807) is 22.7 Å². The number of benzene rings is 1. The third-order valence-corrected chi connectivity index (χ3v) is 4.32. The van der Waals surface area contributed by atoms with Crippen molar-refractivity contribution < 1.29 is 0 Å². The summed E-state index contributed by atoms with van der Waals surface area (Å²) in [5.41, 5.74) is 1.02. The second-order valence-electron chi connectivity index (χ2n) is 3.10. The van der Waals surface area contributed by atoms with Gasteiger partial charge in [-0.25, -0.2) is 9.97 Å². The quantitative estimate of drug-likeness (QED) is 0.768. The fraction of sp³-hybridized carbons (Fsp3) is 0. The number of hydrogen-bond acceptors (Lipinski definition) is 5. The van der Waals surface area contributed by atoms with Crippen LogP contribution in [0.4, 0.5) is 10.9 Å². The predicted molar refractivity (Wildman–Crippen MR) is 72.7 cm³/mol. The highest BCUT2D eigenvalue weighted by molar-refractivity contribution is 9.11. The molecule has 0 aliphatic heterocycles. The molecule has 3 nitrogen and oxygen atoms in total. The summed E-state index contributed by atoms with van der Waals surface area (Å²) in [7, 11) is 0. The van der Waals surface area contributed by atoms with Crippen LogP contribution in [0, 0.1) is 0 Å². The molecule has 1 aromatic carbocycles. The molecule has 0 bridgehead atoms. The van der Waals surface area contributed by atoms with E-state index in [1.807, 2.05) is 23.6 Å². The van der Waals surface area contributed by atoms with Gasteiger partial charge in [0.1, 0.15) is 5.82 Å². The Bertz CT molecular complexity index is 599. The average molecular weight is 312 g/mol. The van der Waals surface area contributed by atoms with Gasteiger partial charge in [-0.1, -0.05) is 23.5 Å². The molecule has 6 heteroatoms. The van der Waals surface area contributed by atoms with E-state index in [0.717, 1.165) is 20.4 Å². The molecule has 0 radical (unpaired) electrons. The van der Waals surface area contributed by atoms with Gasteiger partial charge in [-0.15, -0.1) is 11.3 Å². The number of hydrogen-bond donors (Lipinski definition) is 1. The van der Waals surface area contributed by atoms with E-state index in [1.165, 1.54) is 4.70 Å². The van der Waals surface area contributed by atoms with E-state index < -0.39 is 0 Å². The van der Waals surface area contributed by atoms with Crippen molar-refractivity contribution in [3.63, 3.8) is 0 Å². The molecule has 3 aromatic rings. The van der Waals surface area contributed by atoms with Crippen molar-refractivity contribution in [3.8, 4) is 0 Å². The zero-order chi connectivity index (χ0) is 11.0. The highest BCUT2D eigenvalue weighted by Crippen LogP contribution is 2.29. The maximum absolute atomic E-state index is 4.47. The topological polar surface area (TPSA) is 37.8 Å². The molecule has 0 aliphatic carbocycles. The Kier molecular flexibility index (Phi) is 2.62. The molecule has 16 heavy (non-hydrogen) atoms. The van der Waals surface area contributed by atoms with E-state index >= 15 is 0 Å². The van der Waals surface area contributed by atoms with E-state index in [4.69, 9.17) is 0 Å². The summed E-state index contributed by atoms with van der Waals surface area (Å²) in [6.07, 6.45) is 0. The van der Waals surface area contributed by atoms with Crippen LogP contribution in [-0.4, -0.2) is 9.97 Å². The number of rotatable bonds is 2. The van der Waals surface area contributed by atoms with Crippen molar-refractivity contribution in [1.29, 1.82) is 0 Å². The SMILES string of the molecule is Brc1nc(Nc2nc3ccccc3s2)cs1. The van der Waals surface area contributed by atoms with Crippen molar-refractivity contribution >= 4 is 59.8 Å². The summed E-state index contributed by atoms with van der Waals surface area (Å²) in [5, 5.41) is 6.02. The number of aromatic nitrogens is 2. The first-order chi connectivity index (χ1) is 7.81. The van der Waals surface area contributed by atoms with Crippen LogP contribution >= 0.6 is 38.6 Å². The van der Waals surface area contributed by atoms with Crippen molar-refractivity contribution in [3.05, 3.63) is 33.6 Å². The van der Waals surface area contributed by atoms with Gasteiger partial charge in [0.25, 0.3) is 0 Å². The fourth-order valence-electron chi connectivity index (χ4n) is 1.34. The Labute approximate surface area is 108 Å². The van der Waals surface area contributed by atoms with Gasteiger partial charge < -0.3 is 5.32 Å². The molecular formula is C10H6BrN3S2. The van der Waals surface area contributed by atoms with Crippen molar-refractivity contribution in [2.45, 2.75) is 0 Å². The fourth-order valence-corrected chi connectivity index (χ4v) is 3.16. The Morgan fingerprint density at radius 1 is 1.19 bits per heavy atom. The molecule has 0 unspecified atom stereocenters. The molecule has 0 amide bonds. The summed E-state index contributed by atoms with van der Waals surface area (Å²) in [4.78, 5) is 8.74. The smallest absolute Gasteiger partial charge is 0.189 e. The normalized spacial score (nSPS) is 10.8. The zero-order valence-corrected chi connectivity index (χ0v) is 11.2. The second-order valence-corrected chi connectivity index (χ2v) is 6.26. The van der Waals surface area contributed by atoms with Crippen LogP contribution in [0.5, 0.6) is 0 Å². The van der Waals surface area contributed by atoms with Crippen LogP contribution in [0.1, 0.15) is 0 Å². The van der Waals surface area contributed by atoms with Crippen molar-refractivity contribution in [2.75, 3.05) is 5.32 Å². The average Bonchev–Trinajstić information content (AvgIpc) is 2.84. The number of nitrogens with one attached hydrogen (secondary N) is 1. The van der Waals surface area contributed by atoms with Crippen molar-refractivity contribution in [1.82, 2.24) is 9.97 Å². The molecule has 1 N–H and O–H groups in total. The van der Waals surface area contributed by atoms with Gasteiger partial charge in [-0.2, -0.15) is 0 Å². The molecule has 2 heterocycles. The number of thiazole rings is 2. The number of halogens is 1. The third kappa shape index (κ3) is 1.95. The van der Waals surface area contributed by atoms with Crippen molar-refractivity contribution in [2.24, 2.45) is 0 Å². The van der Waals surface area contributed by atoms with Crippen LogP contribution in [0.2, 0.25) is 0 Å². The molecule has 3 rings (SSSR count). The van der Waals surface area contributed by atoms with Gasteiger partial charge in [-0.3, -0.25) is 0 Å². The molecule has 0 aliphatic rings. The minimum Gasteiger partial charge on any atom is -0.315 e. The van der Waals surface area contributed by atoms with E-state index in [9.17, 15) is 0 Å². The molecule has 80 valence electrons. The third-order valence-electron chi connectivity index (χ3n) is 2.01. The first-order valence-corrected chi connectivity index (χ1v) is 7.04. The Balaban J connectivity index is 1.95. The number of para-hydroxylation sites is 1. The van der Waals surface area contributed by atoms with Gasteiger partial charge in [-0.05, 0) is 28.1 Å². The second kappa shape index (κ2) is 4.12. The number of fused-ring (bicyclic) bond motifs is 1. The minimum absolute atomic E-state index is 0.830. The Morgan fingerprint density at radius 2 is 2.06 bits per heavy atom. The standard InChI is InChI=1S/C10H6BrN3S2/c11-9-13-8(5-15-9)14-10-12-6-3-1-2-4-7(6)16-10/h1-5H,(H,12,14). The van der Waals surface area contributed by atoms with Crippen LogP contribution in [-0.2, 0) is 0 Å². The number of nitrogens with zero attached hydrogens (tertiary/aromatic N) is 2. The van der Waals surface area contributed by atoms with Gasteiger partial charge in [0.2, 0.25) is 0 Å². The van der Waals surface area contributed by atoms with E-state index in [-0.39, 0.29) is 0 Å². The molecule has 0 saturated carbocycles.